The van der Waals surface area contributed by atoms with Gasteiger partial charge in [-0.05, 0) is 61.6 Å². The third-order valence-corrected chi connectivity index (χ3v) is 8.47. The number of fused-ring (bicyclic) bond motifs is 2. The van der Waals surface area contributed by atoms with Gasteiger partial charge in [0.15, 0.2) is 0 Å². The SMILES string of the molecule is CCCCCCCc1ccc2c(c1)C(=O)N(C1CCC(=O)NC1=O)C2=O.O=C1CCC(N2C(=O)c3ccc(F)cc3C2=O)C(=O)N1. The fourth-order valence-electron chi connectivity index (χ4n) is 6.05. The molecule has 2 fully saturated rings. The highest BCUT2D eigenvalue weighted by Crippen LogP contribution is 2.30. The summed E-state index contributed by atoms with van der Waals surface area (Å²) in [5, 5.41) is 4.29. The van der Waals surface area contributed by atoms with E-state index < -0.39 is 59.3 Å². The van der Waals surface area contributed by atoms with Gasteiger partial charge in [0.1, 0.15) is 17.9 Å². The van der Waals surface area contributed by atoms with Gasteiger partial charge in [0.2, 0.25) is 23.6 Å². The molecule has 2 aromatic carbocycles. The van der Waals surface area contributed by atoms with Crippen LogP contribution in [0.1, 0.15) is 112 Å². The predicted octanol–water partition coefficient (Wildman–Crippen LogP) is 2.83. The monoisotopic (exact) mass is 632 g/mol. The fourth-order valence-corrected chi connectivity index (χ4v) is 6.05. The van der Waals surface area contributed by atoms with Gasteiger partial charge in [-0.15, -0.1) is 0 Å². The molecule has 0 spiro atoms. The Morgan fingerprint density at radius 1 is 0.630 bits per heavy atom. The lowest BCUT2D eigenvalue weighted by atomic mass is 10.0. The van der Waals surface area contributed by atoms with Crippen LogP contribution in [-0.4, -0.2) is 69.1 Å². The van der Waals surface area contributed by atoms with Crippen molar-refractivity contribution in [2.75, 3.05) is 0 Å². The highest BCUT2D eigenvalue weighted by Gasteiger charge is 2.46. The van der Waals surface area contributed by atoms with E-state index in [1.165, 1.54) is 25.3 Å². The van der Waals surface area contributed by atoms with Crippen LogP contribution in [0.3, 0.4) is 0 Å². The smallest absolute Gasteiger partial charge is 0.262 e. The van der Waals surface area contributed by atoms with E-state index in [0.717, 1.165) is 46.8 Å². The molecule has 2 aromatic rings. The van der Waals surface area contributed by atoms with Gasteiger partial charge in [-0.3, -0.25) is 58.8 Å². The topological polar surface area (TPSA) is 167 Å². The van der Waals surface area contributed by atoms with Gasteiger partial charge < -0.3 is 0 Å². The second kappa shape index (κ2) is 13.5. The quantitative estimate of drug-likeness (QED) is 0.331. The Morgan fingerprint density at radius 3 is 1.63 bits per heavy atom. The molecule has 0 aliphatic carbocycles. The number of nitrogens with zero attached hydrogens (tertiary/aromatic N) is 2. The first-order chi connectivity index (χ1) is 22.0. The number of carbonyl (C=O) groups is 8. The van der Waals surface area contributed by atoms with Crippen molar-refractivity contribution in [2.24, 2.45) is 0 Å². The van der Waals surface area contributed by atoms with Gasteiger partial charge in [0, 0.05) is 12.8 Å². The number of halogens is 1. The third-order valence-electron chi connectivity index (χ3n) is 8.47. The van der Waals surface area contributed by atoms with Crippen molar-refractivity contribution >= 4 is 47.3 Å². The van der Waals surface area contributed by atoms with E-state index in [0.29, 0.717) is 11.1 Å². The molecule has 0 aromatic heterocycles. The molecule has 13 heteroatoms. The molecule has 4 aliphatic rings. The number of rotatable bonds is 8. The molecule has 6 rings (SSSR count). The molecule has 0 bridgehead atoms. The summed E-state index contributed by atoms with van der Waals surface area (Å²) in [7, 11) is 0. The Balaban J connectivity index is 0.000000187. The highest BCUT2D eigenvalue weighted by molar-refractivity contribution is 6.24. The molecule has 4 heterocycles. The van der Waals surface area contributed by atoms with Crippen LogP contribution in [0.15, 0.2) is 36.4 Å². The van der Waals surface area contributed by atoms with Crippen LogP contribution in [-0.2, 0) is 25.6 Å². The van der Waals surface area contributed by atoms with Crippen LogP contribution in [0.2, 0.25) is 0 Å². The minimum atomic E-state index is -1.02. The van der Waals surface area contributed by atoms with Gasteiger partial charge in [-0.1, -0.05) is 38.7 Å². The zero-order chi connectivity index (χ0) is 33.1. The van der Waals surface area contributed by atoms with Crippen molar-refractivity contribution in [3.8, 4) is 0 Å². The number of piperidine rings is 2. The lowest BCUT2D eigenvalue weighted by Gasteiger charge is -2.27. The Kier molecular flexibility index (Phi) is 9.49. The summed E-state index contributed by atoms with van der Waals surface area (Å²) < 4.78 is 13.2. The first-order valence-corrected chi connectivity index (χ1v) is 15.4. The first-order valence-electron chi connectivity index (χ1n) is 15.4. The fraction of sp³-hybridized carbons (Fsp3) is 0.394. The molecule has 8 amide bonds. The zero-order valence-electron chi connectivity index (χ0n) is 25.2. The number of nitrogens with one attached hydrogen (secondary N) is 2. The molecule has 2 unspecified atom stereocenters. The molecule has 2 saturated heterocycles. The normalized spacial score (nSPS) is 20.7. The molecule has 0 radical (unpaired) electrons. The van der Waals surface area contributed by atoms with Crippen molar-refractivity contribution < 1.29 is 42.7 Å². The number of hydrogen-bond acceptors (Lipinski definition) is 8. The van der Waals surface area contributed by atoms with E-state index in [-0.39, 0.29) is 42.7 Å². The van der Waals surface area contributed by atoms with Crippen molar-refractivity contribution in [1.29, 1.82) is 0 Å². The summed E-state index contributed by atoms with van der Waals surface area (Å²) in [5.74, 6) is -4.93. The zero-order valence-corrected chi connectivity index (χ0v) is 25.2. The lowest BCUT2D eigenvalue weighted by molar-refractivity contribution is -0.137. The second-order valence-corrected chi connectivity index (χ2v) is 11.6. The molecular weight excluding hydrogens is 599 g/mol. The predicted molar refractivity (Wildman–Crippen MR) is 159 cm³/mol. The van der Waals surface area contributed by atoms with Crippen LogP contribution < -0.4 is 10.6 Å². The molecule has 240 valence electrons. The molecule has 46 heavy (non-hydrogen) atoms. The average molecular weight is 633 g/mol. The summed E-state index contributed by atoms with van der Waals surface area (Å²) in [6.45, 7) is 2.18. The van der Waals surface area contributed by atoms with Crippen LogP contribution in [0.5, 0.6) is 0 Å². The summed E-state index contributed by atoms with van der Waals surface area (Å²) in [6, 6.07) is 6.69. The molecule has 2 atom stereocenters. The summed E-state index contributed by atoms with van der Waals surface area (Å²) in [6.07, 6.45) is 7.17. The Bertz CT molecular complexity index is 1670. The van der Waals surface area contributed by atoms with Crippen molar-refractivity contribution in [2.45, 2.75) is 83.2 Å². The number of hydrogen-bond donors (Lipinski definition) is 2. The maximum atomic E-state index is 13.2. The second-order valence-electron chi connectivity index (χ2n) is 11.6. The van der Waals surface area contributed by atoms with Crippen molar-refractivity contribution in [3.05, 3.63) is 70.0 Å². The summed E-state index contributed by atoms with van der Waals surface area (Å²) >= 11 is 0. The number of benzene rings is 2. The molecule has 4 aliphatic heterocycles. The van der Waals surface area contributed by atoms with E-state index in [1.54, 1.807) is 12.1 Å². The van der Waals surface area contributed by atoms with Gasteiger partial charge in [-0.2, -0.15) is 0 Å². The maximum absolute atomic E-state index is 13.2. The Morgan fingerprint density at radius 2 is 1.11 bits per heavy atom. The number of aryl methyl sites for hydroxylation is 1. The van der Waals surface area contributed by atoms with E-state index >= 15 is 0 Å². The minimum absolute atomic E-state index is 0.0537. The number of carbonyl (C=O) groups excluding carboxylic acids is 8. The summed E-state index contributed by atoms with van der Waals surface area (Å²) in [4.78, 5) is 97.7. The van der Waals surface area contributed by atoms with Gasteiger partial charge in [0.25, 0.3) is 23.6 Å². The first kappa shape index (κ1) is 32.3. The van der Waals surface area contributed by atoms with Crippen molar-refractivity contribution in [1.82, 2.24) is 20.4 Å². The molecule has 12 nitrogen and oxygen atoms in total. The number of imide groups is 4. The Hall–Kier alpha value is -5.07. The van der Waals surface area contributed by atoms with Gasteiger partial charge >= 0.3 is 0 Å². The van der Waals surface area contributed by atoms with E-state index in [9.17, 15) is 42.7 Å². The van der Waals surface area contributed by atoms with Crippen LogP contribution >= 0.6 is 0 Å². The van der Waals surface area contributed by atoms with Crippen LogP contribution in [0.4, 0.5) is 4.39 Å². The maximum Gasteiger partial charge on any atom is 0.262 e. The lowest BCUT2D eigenvalue weighted by Crippen LogP contribution is -2.54. The van der Waals surface area contributed by atoms with E-state index in [1.807, 2.05) is 6.07 Å². The minimum Gasteiger partial charge on any atom is -0.295 e. The van der Waals surface area contributed by atoms with E-state index in [2.05, 4.69) is 17.6 Å². The van der Waals surface area contributed by atoms with Crippen molar-refractivity contribution in [3.63, 3.8) is 0 Å². The summed E-state index contributed by atoms with van der Waals surface area (Å²) in [5.41, 5.74) is 1.76. The molecule has 0 saturated carbocycles. The standard InChI is InChI=1S/C20H24N2O4.C13H9FN2O4/c1-2-3-4-5-6-7-13-8-9-14-15(12-13)20(26)22(19(14)25)16-10-11-17(23)21-18(16)24;14-6-1-2-7-8(5-6)13(20)16(12(7)19)9-3-4-10(17)15-11(9)18/h8-9,12,16H,2-7,10-11H2,1H3,(H,21,23,24);1-2,5,9H,3-4H2,(H,15,17,18). The third kappa shape index (κ3) is 6.35. The van der Waals surface area contributed by atoms with Crippen LogP contribution in [0.25, 0.3) is 0 Å². The average Bonchev–Trinajstić information content (AvgIpc) is 3.41. The molecular formula is C33H33FN4O8. The van der Waals surface area contributed by atoms with Gasteiger partial charge in [-0.25, -0.2) is 4.39 Å². The highest BCUT2D eigenvalue weighted by atomic mass is 19.1. The number of amides is 8. The largest absolute Gasteiger partial charge is 0.295 e. The number of unbranched alkanes of at least 4 members (excludes halogenated alkanes) is 4. The Labute approximate surface area is 263 Å². The van der Waals surface area contributed by atoms with E-state index in [4.69, 9.17) is 0 Å². The molecule has 2 N–H and O–H groups in total. The van der Waals surface area contributed by atoms with Gasteiger partial charge in [0.05, 0.1) is 22.3 Å². The van der Waals surface area contributed by atoms with Crippen LogP contribution in [0, 0.1) is 5.82 Å².